The van der Waals surface area contributed by atoms with E-state index in [0.717, 1.165) is 10.1 Å². The number of benzene rings is 1. The van der Waals surface area contributed by atoms with E-state index >= 15 is 0 Å². The van der Waals surface area contributed by atoms with Gasteiger partial charge in [-0.05, 0) is 12.1 Å². The smallest absolute Gasteiger partial charge is 0.332 e. The van der Waals surface area contributed by atoms with E-state index in [1.54, 1.807) is 24.1 Å². The van der Waals surface area contributed by atoms with Crippen LogP contribution >= 0.6 is 11.6 Å². The zero-order valence-electron chi connectivity index (χ0n) is 13.7. The zero-order chi connectivity index (χ0) is 17.6. The highest BCUT2D eigenvalue weighted by molar-refractivity contribution is 6.30. The number of hydrogen-bond acceptors (Lipinski definition) is 5. The van der Waals surface area contributed by atoms with Gasteiger partial charge in [-0.3, -0.25) is 13.9 Å². The van der Waals surface area contributed by atoms with Crippen LogP contribution in [0.15, 0.2) is 33.9 Å². The van der Waals surface area contributed by atoms with E-state index in [4.69, 9.17) is 11.6 Å². The average molecular weight is 346 g/mol. The van der Waals surface area contributed by atoms with Crippen LogP contribution in [-0.2, 0) is 14.1 Å². The summed E-state index contributed by atoms with van der Waals surface area (Å²) in [6.07, 6.45) is 0. The maximum atomic E-state index is 12.4. The van der Waals surface area contributed by atoms with E-state index in [0.29, 0.717) is 16.5 Å². The molecule has 2 heterocycles. The normalized spacial score (nSPS) is 11.0. The van der Waals surface area contributed by atoms with Crippen LogP contribution in [0.4, 0.5) is 5.82 Å². The van der Waals surface area contributed by atoms with Crippen LogP contribution in [-0.4, -0.2) is 33.2 Å². The molecule has 0 unspecified atom stereocenters. The summed E-state index contributed by atoms with van der Waals surface area (Å²) in [6, 6.07) is 7.14. The second-order valence-electron chi connectivity index (χ2n) is 5.68. The maximum absolute atomic E-state index is 12.4. The predicted octanol–water partition coefficient (Wildman–Crippen LogP) is 1.41. The van der Waals surface area contributed by atoms with E-state index in [1.807, 2.05) is 26.2 Å². The number of hydrogen-bond donors (Lipinski definition) is 0. The summed E-state index contributed by atoms with van der Waals surface area (Å²) >= 11 is 5.94. The van der Waals surface area contributed by atoms with Crippen LogP contribution in [0.3, 0.4) is 0 Å². The van der Waals surface area contributed by atoms with Gasteiger partial charge >= 0.3 is 5.69 Å². The van der Waals surface area contributed by atoms with Crippen molar-refractivity contribution in [3.63, 3.8) is 0 Å². The number of nitrogens with zero attached hydrogens (tertiary/aromatic N) is 5. The summed E-state index contributed by atoms with van der Waals surface area (Å²) < 4.78 is 2.35. The molecule has 0 amide bonds. The molecule has 0 radical (unpaired) electrons. The largest absolute Gasteiger partial charge is 0.361 e. The first-order valence-electron chi connectivity index (χ1n) is 7.22. The summed E-state index contributed by atoms with van der Waals surface area (Å²) in [5, 5.41) is 0.609. The van der Waals surface area contributed by atoms with Gasteiger partial charge in [-0.15, -0.1) is 0 Å². The number of aryl methyl sites for hydroxylation is 1. The first-order chi connectivity index (χ1) is 11.3. The standard InChI is InChI=1S/C16H16ClN5O2/c1-20(2)13-11(9-5-7-10(17)8-6-9)18-12-14(19-13)21(3)16(24)22(4)15(12)23/h5-8H,1-4H3. The van der Waals surface area contributed by atoms with E-state index in [9.17, 15) is 9.59 Å². The Bertz CT molecular complexity index is 1050. The van der Waals surface area contributed by atoms with Gasteiger partial charge in [0.25, 0.3) is 5.56 Å². The SMILES string of the molecule is CN(C)c1nc2c(nc1-c1ccc(Cl)cc1)c(=O)n(C)c(=O)n2C. The van der Waals surface area contributed by atoms with Crippen molar-refractivity contribution in [1.82, 2.24) is 19.1 Å². The number of anilines is 1. The van der Waals surface area contributed by atoms with E-state index in [1.165, 1.54) is 11.6 Å². The molecule has 0 N–H and O–H groups in total. The van der Waals surface area contributed by atoms with Crippen molar-refractivity contribution in [2.24, 2.45) is 14.1 Å². The molecule has 0 atom stereocenters. The summed E-state index contributed by atoms with van der Waals surface area (Å²) in [4.78, 5) is 35.4. The molecule has 1 aromatic carbocycles. The third-order valence-corrected chi connectivity index (χ3v) is 4.05. The van der Waals surface area contributed by atoms with Crippen LogP contribution in [0.5, 0.6) is 0 Å². The fourth-order valence-electron chi connectivity index (χ4n) is 2.47. The van der Waals surface area contributed by atoms with E-state index in [2.05, 4.69) is 9.97 Å². The highest BCUT2D eigenvalue weighted by Gasteiger charge is 2.18. The molecule has 8 heteroatoms. The fraction of sp³-hybridized carbons (Fsp3) is 0.250. The molecule has 0 aliphatic rings. The molecule has 24 heavy (non-hydrogen) atoms. The molecule has 7 nitrogen and oxygen atoms in total. The Morgan fingerprint density at radius 2 is 1.62 bits per heavy atom. The molecular formula is C16H16ClN5O2. The van der Waals surface area contributed by atoms with Crippen LogP contribution in [0.2, 0.25) is 5.02 Å². The average Bonchev–Trinajstić information content (AvgIpc) is 2.57. The van der Waals surface area contributed by atoms with Gasteiger partial charge in [-0.1, -0.05) is 23.7 Å². The molecule has 3 aromatic rings. The first-order valence-corrected chi connectivity index (χ1v) is 7.60. The minimum absolute atomic E-state index is 0.148. The lowest BCUT2D eigenvalue weighted by molar-refractivity contribution is 0.704. The summed E-state index contributed by atoms with van der Waals surface area (Å²) in [5.74, 6) is 0.563. The van der Waals surface area contributed by atoms with Crippen molar-refractivity contribution in [1.29, 1.82) is 0 Å². The summed E-state index contributed by atoms with van der Waals surface area (Å²) in [6.45, 7) is 0. The molecule has 0 fully saturated rings. The molecule has 124 valence electrons. The maximum Gasteiger partial charge on any atom is 0.332 e. The lowest BCUT2D eigenvalue weighted by Gasteiger charge is -2.17. The van der Waals surface area contributed by atoms with Gasteiger partial charge in [0.2, 0.25) is 0 Å². The van der Waals surface area contributed by atoms with Crippen molar-refractivity contribution < 1.29 is 0 Å². The lowest BCUT2D eigenvalue weighted by atomic mass is 10.1. The van der Waals surface area contributed by atoms with Crippen molar-refractivity contribution in [2.45, 2.75) is 0 Å². The highest BCUT2D eigenvalue weighted by Crippen LogP contribution is 2.28. The van der Waals surface area contributed by atoms with Crippen LogP contribution < -0.4 is 16.1 Å². The van der Waals surface area contributed by atoms with Gasteiger partial charge in [0, 0.05) is 38.8 Å². The third-order valence-electron chi connectivity index (χ3n) is 3.80. The van der Waals surface area contributed by atoms with E-state index < -0.39 is 11.2 Å². The van der Waals surface area contributed by atoms with Crippen molar-refractivity contribution in [2.75, 3.05) is 19.0 Å². The van der Waals surface area contributed by atoms with Gasteiger partial charge in [0.15, 0.2) is 17.0 Å². The molecule has 0 aliphatic heterocycles. The number of rotatable bonds is 2. The van der Waals surface area contributed by atoms with E-state index in [-0.39, 0.29) is 11.2 Å². The Morgan fingerprint density at radius 3 is 2.21 bits per heavy atom. The Hall–Kier alpha value is -2.67. The molecule has 0 spiro atoms. The minimum Gasteiger partial charge on any atom is -0.361 e. The summed E-state index contributed by atoms with van der Waals surface area (Å²) in [7, 11) is 6.65. The van der Waals surface area contributed by atoms with Crippen LogP contribution in [0.25, 0.3) is 22.4 Å². The van der Waals surface area contributed by atoms with Crippen molar-refractivity contribution >= 4 is 28.6 Å². The van der Waals surface area contributed by atoms with Crippen molar-refractivity contribution in [3.8, 4) is 11.3 Å². The Kier molecular flexibility index (Phi) is 3.88. The molecule has 3 rings (SSSR count). The Morgan fingerprint density at radius 1 is 1.00 bits per heavy atom. The molecule has 0 aliphatic carbocycles. The second kappa shape index (κ2) is 5.76. The Labute approximate surface area is 142 Å². The lowest BCUT2D eigenvalue weighted by Crippen LogP contribution is -2.38. The Balaban J connectivity index is 2.45. The van der Waals surface area contributed by atoms with Gasteiger partial charge in [-0.2, -0.15) is 0 Å². The van der Waals surface area contributed by atoms with Crippen LogP contribution in [0, 0.1) is 0 Å². The number of fused-ring (bicyclic) bond motifs is 1. The second-order valence-corrected chi connectivity index (χ2v) is 6.11. The zero-order valence-corrected chi connectivity index (χ0v) is 14.5. The van der Waals surface area contributed by atoms with Gasteiger partial charge in [0.1, 0.15) is 5.69 Å². The minimum atomic E-state index is -0.471. The van der Waals surface area contributed by atoms with Crippen molar-refractivity contribution in [3.05, 3.63) is 50.1 Å². The first kappa shape index (κ1) is 16.2. The summed E-state index contributed by atoms with van der Waals surface area (Å²) in [5.41, 5.74) is 0.833. The molecule has 0 saturated heterocycles. The molecule has 2 aromatic heterocycles. The fourth-order valence-corrected chi connectivity index (χ4v) is 2.60. The van der Waals surface area contributed by atoms with Gasteiger partial charge < -0.3 is 4.90 Å². The number of halogens is 1. The highest BCUT2D eigenvalue weighted by atomic mass is 35.5. The monoisotopic (exact) mass is 345 g/mol. The topological polar surface area (TPSA) is 73.0 Å². The quantitative estimate of drug-likeness (QED) is 0.702. The number of aromatic nitrogens is 4. The molecule has 0 saturated carbocycles. The molecular weight excluding hydrogens is 330 g/mol. The van der Waals surface area contributed by atoms with Gasteiger partial charge in [-0.25, -0.2) is 14.8 Å². The van der Waals surface area contributed by atoms with Crippen LogP contribution in [0.1, 0.15) is 0 Å². The van der Waals surface area contributed by atoms with Gasteiger partial charge in [0.05, 0.1) is 0 Å². The third kappa shape index (κ3) is 2.46. The molecule has 0 bridgehead atoms. The predicted molar refractivity (Wildman–Crippen MR) is 94.8 cm³/mol.